The zero-order valence-corrected chi connectivity index (χ0v) is 17.6. The summed E-state index contributed by atoms with van der Waals surface area (Å²) in [6.45, 7) is 6.49. The van der Waals surface area contributed by atoms with Gasteiger partial charge in [0.1, 0.15) is 23.0 Å². The highest BCUT2D eigenvalue weighted by Gasteiger charge is 2.33. The number of hydrogen-bond donors (Lipinski definition) is 0. The van der Waals surface area contributed by atoms with E-state index in [1.54, 1.807) is 19.5 Å². The minimum atomic E-state index is 0.728. The van der Waals surface area contributed by atoms with Crippen LogP contribution in [0.4, 0.5) is 0 Å². The van der Waals surface area contributed by atoms with Crippen molar-refractivity contribution in [3.63, 3.8) is 0 Å². The molecule has 0 spiro atoms. The fraction of sp³-hybridized carbons (Fsp3) is 0.111. The zero-order valence-electron chi connectivity index (χ0n) is 17.6. The molecule has 4 nitrogen and oxygen atoms in total. The van der Waals surface area contributed by atoms with E-state index in [-0.39, 0.29) is 0 Å². The van der Waals surface area contributed by atoms with Crippen molar-refractivity contribution < 1.29 is 9.47 Å². The fourth-order valence-electron chi connectivity index (χ4n) is 4.17. The predicted octanol–water partition coefficient (Wildman–Crippen LogP) is 5.86. The van der Waals surface area contributed by atoms with Gasteiger partial charge in [0.15, 0.2) is 5.75 Å². The van der Waals surface area contributed by atoms with Gasteiger partial charge in [-0.1, -0.05) is 30.9 Å². The number of aromatic nitrogens is 1. The smallest absolute Gasteiger partial charge is 0.153 e. The van der Waals surface area contributed by atoms with Gasteiger partial charge < -0.3 is 9.47 Å². The van der Waals surface area contributed by atoms with E-state index in [9.17, 15) is 0 Å². The third-order valence-electron chi connectivity index (χ3n) is 5.61. The number of allylic oxidation sites excluding steroid dienone is 8. The van der Waals surface area contributed by atoms with Gasteiger partial charge in [-0.15, -0.1) is 0 Å². The summed E-state index contributed by atoms with van der Waals surface area (Å²) in [5.41, 5.74) is 6.98. The molecule has 31 heavy (non-hydrogen) atoms. The van der Waals surface area contributed by atoms with E-state index in [2.05, 4.69) is 35.6 Å². The summed E-state index contributed by atoms with van der Waals surface area (Å²) in [5, 5.41) is 0. The Hall–Kier alpha value is -3.92. The minimum absolute atomic E-state index is 0.728. The van der Waals surface area contributed by atoms with E-state index in [0.717, 1.165) is 63.0 Å². The van der Waals surface area contributed by atoms with Crippen molar-refractivity contribution in [1.82, 2.24) is 4.98 Å². The molecule has 4 heteroatoms. The maximum absolute atomic E-state index is 6.34. The van der Waals surface area contributed by atoms with Crippen molar-refractivity contribution in [2.75, 3.05) is 7.05 Å². The van der Waals surface area contributed by atoms with Gasteiger partial charge in [0, 0.05) is 47.3 Å². The number of ether oxygens (including phenoxy) is 2. The van der Waals surface area contributed by atoms with E-state index in [4.69, 9.17) is 9.47 Å². The van der Waals surface area contributed by atoms with Gasteiger partial charge in [-0.3, -0.25) is 9.98 Å². The van der Waals surface area contributed by atoms with Crippen molar-refractivity contribution in [3.8, 4) is 11.5 Å². The van der Waals surface area contributed by atoms with E-state index in [1.165, 1.54) is 5.56 Å². The highest BCUT2D eigenvalue weighted by Crippen LogP contribution is 2.50. The average Bonchev–Trinajstić information content (AvgIpc) is 2.78. The molecule has 5 rings (SSSR count). The molecule has 0 fully saturated rings. The second-order valence-corrected chi connectivity index (χ2v) is 7.49. The van der Waals surface area contributed by atoms with Gasteiger partial charge >= 0.3 is 0 Å². The molecule has 3 heterocycles. The van der Waals surface area contributed by atoms with Crippen molar-refractivity contribution >= 4 is 17.4 Å². The molecule has 0 saturated heterocycles. The number of rotatable bonds is 2. The molecule has 0 N–H and O–H groups in total. The molecule has 0 saturated carbocycles. The molecule has 2 aliphatic heterocycles. The first-order valence-corrected chi connectivity index (χ1v) is 10.2. The van der Waals surface area contributed by atoms with Gasteiger partial charge in [0.25, 0.3) is 0 Å². The van der Waals surface area contributed by atoms with Crippen molar-refractivity contribution in [3.05, 3.63) is 113 Å². The van der Waals surface area contributed by atoms with Crippen LogP contribution in [0.15, 0.2) is 101 Å². The summed E-state index contributed by atoms with van der Waals surface area (Å²) in [5.74, 6) is 3.07. The maximum Gasteiger partial charge on any atom is 0.153 e. The summed E-state index contributed by atoms with van der Waals surface area (Å²) in [4.78, 5) is 8.72. The van der Waals surface area contributed by atoms with Crippen LogP contribution < -0.4 is 9.47 Å². The van der Waals surface area contributed by atoms with Crippen molar-refractivity contribution in [2.45, 2.75) is 13.3 Å². The molecule has 2 aromatic rings. The van der Waals surface area contributed by atoms with Crippen molar-refractivity contribution in [1.29, 1.82) is 0 Å². The highest BCUT2D eigenvalue weighted by atomic mass is 16.5. The largest absolute Gasteiger partial charge is 0.456 e. The Kier molecular flexibility index (Phi) is 4.75. The van der Waals surface area contributed by atoms with Gasteiger partial charge in [0.05, 0.1) is 0 Å². The van der Waals surface area contributed by atoms with Crippen LogP contribution in [0.1, 0.15) is 23.7 Å². The van der Waals surface area contributed by atoms with Crippen LogP contribution in [0.5, 0.6) is 11.5 Å². The summed E-state index contributed by atoms with van der Waals surface area (Å²) >= 11 is 0. The van der Waals surface area contributed by atoms with Crippen LogP contribution in [0.2, 0.25) is 0 Å². The second-order valence-electron chi connectivity index (χ2n) is 7.49. The molecule has 0 radical (unpaired) electrons. The Bertz CT molecular complexity index is 1290. The summed E-state index contributed by atoms with van der Waals surface area (Å²) in [7, 11) is 1.75. The molecule has 1 aromatic carbocycles. The lowest BCUT2D eigenvalue weighted by Gasteiger charge is -2.31. The first-order valence-electron chi connectivity index (χ1n) is 10.2. The Labute approximate surface area is 182 Å². The number of pyridine rings is 1. The normalized spacial score (nSPS) is 22.4. The van der Waals surface area contributed by atoms with E-state index in [0.29, 0.717) is 0 Å². The fourth-order valence-corrected chi connectivity index (χ4v) is 4.17. The van der Waals surface area contributed by atoms with Gasteiger partial charge in [0.2, 0.25) is 0 Å². The average molecular weight is 406 g/mol. The lowest BCUT2D eigenvalue weighted by atomic mass is 9.81. The number of aliphatic imine (C=N–C) groups is 1. The monoisotopic (exact) mass is 406 g/mol. The van der Waals surface area contributed by atoms with Gasteiger partial charge in [-0.2, -0.15) is 0 Å². The number of hydrogen-bond acceptors (Lipinski definition) is 4. The number of benzene rings is 1. The number of fused-ring (bicyclic) bond motifs is 4. The molecular formula is C27H22N2O2. The number of nitrogens with zero attached hydrogens (tertiary/aromatic N) is 2. The minimum Gasteiger partial charge on any atom is -0.456 e. The topological polar surface area (TPSA) is 43.7 Å². The Morgan fingerprint density at radius 2 is 1.97 bits per heavy atom. The summed E-state index contributed by atoms with van der Waals surface area (Å²) in [6.07, 6.45) is 14.3. The molecule has 1 aromatic heterocycles. The van der Waals surface area contributed by atoms with Crippen LogP contribution >= 0.6 is 0 Å². The SMILES string of the molecule is C=C1/C2=C3C(C)=C(/C=C\C=N\C)Oc4cccc(c4/3)C/C=C\C=C/1Oc1cccnc12. The molecule has 0 atom stereocenters. The third-order valence-corrected chi connectivity index (χ3v) is 5.61. The lowest BCUT2D eigenvalue weighted by Crippen LogP contribution is -2.16. The maximum atomic E-state index is 6.34. The molecule has 1 aliphatic carbocycles. The van der Waals surface area contributed by atoms with E-state index < -0.39 is 0 Å². The standard InChI is InChI=1S/C27H22N2O2/c1-17-21(13-7-15-28-3)30-22-12-6-10-19-9-4-5-11-20-18(2)25(24(17)26(19)22)27-23(31-20)14-8-16-29-27/h4-8,10-16H,2,9H2,1,3H3/b5-4-,13-7-,20-11+,25-24+,28-15+. The molecule has 3 aliphatic rings. The lowest BCUT2D eigenvalue weighted by molar-refractivity contribution is 0.427. The van der Waals surface area contributed by atoms with Gasteiger partial charge in [-0.25, -0.2) is 0 Å². The first-order chi connectivity index (χ1) is 15.2. The quantitative estimate of drug-likeness (QED) is 0.587. The van der Waals surface area contributed by atoms with E-state index in [1.807, 2.05) is 48.6 Å². The Morgan fingerprint density at radius 1 is 1.10 bits per heavy atom. The molecule has 0 amide bonds. The predicted molar refractivity (Wildman–Crippen MR) is 125 cm³/mol. The molecule has 152 valence electrons. The summed E-state index contributed by atoms with van der Waals surface area (Å²) in [6, 6.07) is 10.0. The van der Waals surface area contributed by atoms with Crippen LogP contribution in [0.25, 0.3) is 11.1 Å². The van der Waals surface area contributed by atoms with Crippen LogP contribution in [0.3, 0.4) is 0 Å². The Balaban J connectivity index is 1.91. The first kappa shape index (κ1) is 19.1. The summed E-state index contributed by atoms with van der Waals surface area (Å²) < 4.78 is 12.5. The second kappa shape index (κ2) is 7.73. The van der Waals surface area contributed by atoms with Gasteiger partial charge in [-0.05, 0) is 55.3 Å². The van der Waals surface area contributed by atoms with Crippen molar-refractivity contribution in [2.24, 2.45) is 4.99 Å². The highest BCUT2D eigenvalue weighted by molar-refractivity contribution is 6.08. The van der Waals surface area contributed by atoms with E-state index >= 15 is 0 Å². The van der Waals surface area contributed by atoms with Crippen LogP contribution in [-0.2, 0) is 6.42 Å². The molecular weight excluding hydrogens is 384 g/mol. The third kappa shape index (κ3) is 3.17. The zero-order chi connectivity index (χ0) is 21.4. The molecule has 2 bridgehead atoms. The van der Waals surface area contributed by atoms with Crippen LogP contribution in [0, 0.1) is 0 Å². The molecule has 0 unspecified atom stereocenters. The van der Waals surface area contributed by atoms with Crippen LogP contribution in [-0.4, -0.2) is 18.2 Å². The Morgan fingerprint density at radius 3 is 2.84 bits per heavy atom.